The summed E-state index contributed by atoms with van der Waals surface area (Å²) in [5.41, 5.74) is 0.867. The molecule has 7 heteroatoms. The maximum atomic E-state index is 10.1. The Balaban J connectivity index is 1.47. The van der Waals surface area contributed by atoms with Gasteiger partial charge in [-0.3, -0.25) is 4.90 Å². The van der Waals surface area contributed by atoms with Crippen molar-refractivity contribution in [2.45, 2.75) is 37.9 Å². The van der Waals surface area contributed by atoms with E-state index in [-0.39, 0.29) is 12.7 Å². The van der Waals surface area contributed by atoms with E-state index in [2.05, 4.69) is 10.1 Å². The zero-order valence-electron chi connectivity index (χ0n) is 16.0. The van der Waals surface area contributed by atoms with Crippen molar-refractivity contribution in [3.8, 4) is 11.5 Å². The number of hydrogen-bond acceptors (Lipinski definition) is 7. The Morgan fingerprint density at radius 1 is 1.26 bits per heavy atom. The lowest BCUT2D eigenvalue weighted by Crippen LogP contribution is -2.42. The first kappa shape index (κ1) is 19.9. The van der Waals surface area contributed by atoms with E-state index in [1.54, 1.807) is 13.3 Å². The summed E-state index contributed by atoms with van der Waals surface area (Å²) >= 11 is 0. The van der Waals surface area contributed by atoms with Crippen molar-refractivity contribution in [3.63, 3.8) is 0 Å². The molecule has 1 N–H and O–H groups in total. The second kappa shape index (κ2) is 10.5. The Morgan fingerprint density at radius 2 is 2.04 bits per heavy atom. The minimum atomic E-state index is -0.572. The molecule has 27 heavy (non-hydrogen) atoms. The van der Waals surface area contributed by atoms with Crippen molar-refractivity contribution in [1.82, 2.24) is 4.90 Å². The lowest BCUT2D eigenvalue weighted by molar-refractivity contribution is -0.0128. The van der Waals surface area contributed by atoms with Gasteiger partial charge in [0.25, 0.3) is 0 Å². The lowest BCUT2D eigenvalue weighted by Gasteiger charge is -2.28. The summed E-state index contributed by atoms with van der Waals surface area (Å²) in [6, 6.07) is 5.68. The van der Waals surface area contributed by atoms with Crippen molar-refractivity contribution in [2.75, 3.05) is 46.6 Å². The summed E-state index contributed by atoms with van der Waals surface area (Å²) in [5, 5.41) is 14.0. The van der Waals surface area contributed by atoms with Crippen LogP contribution in [0.3, 0.4) is 0 Å². The highest BCUT2D eigenvalue weighted by Crippen LogP contribution is 2.32. The molecule has 1 atom stereocenters. The number of β-amino-alcohol motifs (C(OH)–C–C–N with tert-alkyl or cyclic N) is 1. The molecule has 1 aromatic carbocycles. The van der Waals surface area contributed by atoms with Crippen LogP contribution in [-0.2, 0) is 9.57 Å². The SMILES string of the molecule is COc1ccc(/C=N/OC[C@@H](O)CN2CCOCC2)cc1OC1CCCC1. The molecule has 1 aromatic rings. The second-order valence-electron chi connectivity index (χ2n) is 7.03. The summed E-state index contributed by atoms with van der Waals surface area (Å²) in [6.07, 6.45) is 5.93. The van der Waals surface area contributed by atoms with E-state index in [9.17, 15) is 5.11 Å². The summed E-state index contributed by atoms with van der Waals surface area (Å²) < 4.78 is 16.8. The Morgan fingerprint density at radius 3 is 2.78 bits per heavy atom. The molecule has 1 saturated carbocycles. The van der Waals surface area contributed by atoms with Crippen LogP contribution in [0.2, 0.25) is 0 Å². The summed E-state index contributed by atoms with van der Waals surface area (Å²) in [6.45, 7) is 3.85. The van der Waals surface area contributed by atoms with Crippen LogP contribution in [0.5, 0.6) is 11.5 Å². The van der Waals surface area contributed by atoms with Gasteiger partial charge in [-0.2, -0.15) is 0 Å². The quantitative estimate of drug-likeness (QED) is 0.524. The van der Waals surface area contributed by atoms with Gasteiger partial charge in [0.05, 0.1) is 32.6 Å². The standard InChI is InChI=1S/C20H30N2O5/c1-24-19-7-6-16(12-20(19)27-18-4-2-3-5-18)13-21-26-15-17(23)14-22-8-10-25-11-9-22/h6-7,12-13,17-18,23H,2-5,8-11,14-15H2,1H3/b21-13+/t17-/m0/s1. The maximum Gasteiger partial charge on any atom is 0.162 e. The zero-order chi connectivity index (χ0) is 18.9. The maximum absolute atomic E-state index is 10.1. The summed E-state index contributed by atoms with van der Waals surface area (Å²) in [4.78, 5) is 7.42. The van der Waals surface area contributed by atoms with Gasteiger partial charge in [-0.05, 0) is 43.9 Å². The van der Waals surface area contributed by atoms with E-state index >= 15 is 0 Å². The number of aliphatic hydroxyl groups is 1. The van der Waals surface area contributed by atoms with Gasteiger partial charge in [0.15, 0.2) is 11.5 Å². The fourth-order valence-electron chi connectivity index (χ4n) is 3.41. The van der Waals surface area contributed by atoms with E-state index in [4.69, 9.17) is 19.0 Å². The molecule has 3 rings (SSSR count). The Kier molecular flexibility index (Phi) is 7.74. The molecule has 7 nitrogen and oxygen atoms in total. The number of ether oxygens (including phenoxy) is 3. The number of methoxy groups -OCH3 is 1. The number of oxime groups is 1. The predicted octanol–water partition coefficient (Wildman–Crippen LogP) is 2.06. The Hall–Kier alpha value is -1.83. The van der Waals surface area contributed by atoms with Crippen LogP contribution >= 0.6 is 0 Å². The van der Waals surface area contributed by atoms with Crippen LogP contribution in [0, 0.1) is 0 Å². The molecule has 0 unspecified atom stereocenters. The summed E-state index contributed by atoms with van der Waals surface area (Å²) in [5.74, 6) is 1.46. The van der Waals surface area contributed by atoms with Crippen molar-refractivity contribution >= 4 is 6.21 Å². The zero-order valence-corrected chi connectivity index (χ0v) is 16.0. The van der Waals surface area contributed by atoms with Crippen molar-refractivity contribution < 1.29 is 24.2 Å². The molecule has 0 radical (unpaired) electrons. The summed E-state index contributed by atoms with van der Waals surface area (Å²) in [7, 11) is 1.64. The number of hydrogen-bond donors (Lipinski definition) is 1. The molecule has 1 heterocycles. The van der Waals surface area contributed by atoms with Gasteiger partial charge in [0, 0.05) is 25.2 Å². The molecule has 0 bridgehead atoms. The van der Waals surface area contributed by atoms with Gasteiger partial charge in [-0.15, -0.1) is 0 Å². The first-order chi connectivity index (χ1) is 13.2. The highest BCUT2D eigenvalue weighted by molar-refractivity contribution is 5.80. The van der Waals surface area contributed by atoms with Gasteiger partial charge < -0.3 is 24.2 Å². The smallest absolute Gasteiger partial charge is 0.162 e. The molecular weight excluding hydrogens is 348 g/mol. The normalized spacial score (nSPS) is 20.1. The third kappa shape index (κ3) is 6.37. The van der Waals surface area contributed by atoms with Crippen LogP contribution in [0.15, 0.2) is 23.4 Å². The minimum Gasteiger partial charge on any atom is -0.493 e. The number of rotatable bonds is 9. The Labute approximate surface area is 160 Å². The average molecular weight is 378 g/mol. The number of morpholine rings is 1. The molecule has 2 fully saturated rings. The first-order valence-corrected chi connectivity index (χ1v) is 9.73. The predicted molar refractivity (Wildman–Crippen MR) is 103 cm³/mol. The van der Waals surface area contributed by atoms with Gasteiger partial charge in [0.2, 0.25) is 0 Å². The van der Waals surface area contributed by atoms with Crippen molar-refractivity contribution in [1.29, 1.82) is 0 Å². The van der Waals surface area contributed by atoms with Crippen LogP contribution in [0.4, 0.5) is 0 Å². The molecule has 1 aliphatic heterocycles. The van der Waals surface area contributed by atoms with Gasteiger partial charge in [0.1, 0.15) is 12.7 Å². The van der Waals surface area contributed by atoms with Crippen molar-refractivity contribution in [2.24, 2.45) is 5.16 Å². The van der Waals surface area contributed by atoms with Crippen LogP contribution in [0.25, 0.3) is 0 Å². The molecule has 0 spiro atoms. The first-order valence-electron chi connectivity index (χ1n) is 9.73. The van der Waals surface area contributed by atoms with Gasteiger partial charge in [-0.25, -0.2) is 0 Å². The van der Waals surface area contributed by atoms with E-state index in [1.807, 2.05) is 18.2 Å². The number of aliphatic hydroxyl groups excluding tert-OH is 1. The molecular formula is C20H30N2O5. The third-order valence-corrected chi connectivity index (χ3v) is 4.90. The molecule has 1 saturated heterocycles. The fourth-order valence-corrected chi connectivity index (χ4v) is 3.41. The fraction of sp³-hybridized carbons (Fsp3) is 0.650. The molecule has 2 aliphatic rings. The van der Waals surface area contributed by atoms with E-state index in [1.165, 1.54) is 12.8 Å². The number of nitrogens with zero attached hydrogens (tertiary/aromatic N) is 2. The topological polar surface area (TPSA) is 72.8 Å². The van der Waals surface area contributed by atoms with Crippen LogP contribution < -0.4 is 9.47 Å². The van der Waals surface area contributed by atoms with Crippen molar-refractivity contribution in [3.05, 3.63) is 23.8 Å². The monoisotopic (exact) mass is 378 g/mol. The minimum absolute atomic E-state index is 0.162. The average Bonchev–Trinajstić information content (AvgIpc) is 3.19. The second-order valence-corrected chi connectivity index (χ2v) is 7.03. The molecule has 150 valence electrons. The van der Waals surface area contributed by atoms with Crippen LogP contribution in [0.1, 0.15) is 31.2 Å². The van der Waals surface area contributed by atoms with E-state index in [0.29, 0.717) is 19.8 Å². The molecule has 1 aliphatic carbocycles. The van der Waals surface area contributed by atoms with Gasteiger partial charge in [-0.1, -0.05) is 5.16 Å². The molecule has 0 amide bonds. The third-order valence-electron chi connectivity index (χ3n) is 4.90. The molecule has 0 aromatic heterocycles. The largest absolute Gasteiger partial charge is 0.493 e. The highest BCUT2D eigenvalue weighted by atomic mass is 16.6. The Bertz CT molecular complexity index is 598. The van der Waals surface area contributed by atoms with E-state index < -0.39 is 6.10 Å². The highest BCUT2D eigenvalue weighted by Gasteiger charge is 2.18. The lowest BCUT2D eigenvalue weighted by atomic mass is 10.2. The number of benzene rings is 1. The van der Waals surface area contributed by atoms with Crippen LogP contribution in [-0.4, -0.2) is 75.0 Å². The van der Waals surface area contributed by atoms with E-state index in [0.717, 1.165) is 43.0 Å². The van der Waals surface area contributed by atoms with Gasteiger partial charge >= 0.3 is 0 Å².